The molecule has 0 saturated heterocycles. The zero-order valence-electron chi connectivity index (χ0n) is 9.29. The highest BCUT2D eigenvalue weighted by Gasteiger charge is 2.04. The number of aromatic nitrogens is 1. The molecule has 2 nitrogen and oxygen atoms in total. The van der Waals surface area contributed by atoms with Crippen LogP contribution in [0.2, 0.25) is 0 Å². The molecule has 0 aliphatic rings. The van der Waals surface area contributed by atoms with Crippen LogP contribution in [0.25, 0.3) is 0 Å². The molecule has 1 atom stereocenters. The van der Waals surface area contributed by atoms with Crippen molar-refractivity contribution in [2.75, 3.05) is 12.0 Å². The summed E-state index contributed by atoms with van der Waals surface area (Å²) in [6.07, 6.45) is 7.62. The molecule has 0 aliphatic carbocycles. The van der Waals surface area contributed by atoms with Crippen LogP contribution in [0.3, 0.4) is 0 Å². The molecule has 0 amide bonds. The summed E-state index contributed by atoms with van der Waals surface area (Å²) < 4.78 is 2.09. The Balaban J connectivity index is 2.31. The molecule has 14 heavy (non-hydrogen) atoms. The Morgan fingerprint density at radius 2 is 2.36 bits per heavy atom. The van der Waals surface area contributed by atoms with Gasteiger partial charge in [0.25, 0.3) is 0 Å². The van der Waals surface area contributed by atoms with Crippen molar-refractivity contribution in [3.8, 4) is 0 Å². The second-order valence-corrected chi connectivity index (χ2v) is 4.54. The average Bonchev–Trinajstić information content (AvgIpc) is 2.59. The molecule has 1 rings (SSSR count). The van der Waals surface area contributed by atoms with Gasteiger partial charge in [0.15, 0.2) is 0 Å². The number of hydrogen-bond acceptors (Lipinski definition) is 2. The minimum atomic E-state index is 0.644. The Labute approximate surface area is 91.1 Å². The Kier molecular flexibility index (Phi) is 5.12. The number of nitrogens with zero attached hydrogens (tertiary/aromatic N) is 1. The smallest absolute Gasteiger partial charge is 0.0223 e. The molecule has 0 fully saturated rings. The van der Waals surface area contributed by atoms with Crippen LogP contribution in [0, 0.1) is 0 Å². The first-order chi connectivity index (χ1) is 6.76. The first-order valence-electron chi connectivity index (χ1n) is 5.09. The highest BCUT2D eigenvalue weighted by molar-refractivity contribution is 7.98. The quantitative estimate of drug-likeness (QED) is 0.779. The van der Waals surface area contributed by atoms with Gasteiger partial charge in [-0.15, -0.1) is 0 Å². The second kappa shape index (κ2) is 6.14. The molecule has 3 heteroatoms. The van der Waals surface area contributed by atoms with Crippen molar-refractivity contribution in [2.45, 2.75) is 25.9 Å². The summed E-state index contributed by atoms with van der Waals surface area (Å²) >= 11 is 1.91. The predicted molar refractivity (Wildman–Crippen MR) is 64.7 cm³/mol. The molecule has 0 aliphatic heterocycles. The topological polar surface area (TPSA) is 17.0 Å². The molecule has 1 heterocycles. The van der Waals surface area contributed by atoms with Crippen LogP contribution in [0.5, 0.6) is 0 Å². The summed E-state index contributed by atoms with van der Waals surface area (Å²) in [4.78, 5) is 0. The van der Waals surface area contributed by atoms with Gasteiger partial charge in [0.1, 0.15) is 0 Å². The molecule has 1 N–H and O–H groups in total. The van der Waals surface area contributed by atoms with Gasteiger partial charge in [-0.05, 0) is 24.3 Å². The molecule has 80 valence electrons. The summed E-state index contributed by atoms with van der Waals surface area (Å²) in [7, 11) is 2.06. The van der Waals surface area contributed by atoms with Gasteiger partial charge >= 0.3 is 0 Å². The van der Waals surface area contributed by atoms with Crippen LogP contribution in [0.1, 0.15) is 18.9 Å². The van der Waals surface area contributed by atoms with Gasteiger partial charge in [0, 0.05) is 37.8 Å². The molecule has 0 aromatic carbocycles. The van der Waals surface area contributed by atoms with E-state index < -0.39 is 0 Å². The van der Waals surface area contributed by atoms with Crippen molar-refractivity contribution < 1.29 is 0 Å². The lowest BCUT2D eigenvalue weighted by atomic mass is 10.2. The van der Waals surface area contributed by atoms with Crippen LogP contribution >= 0.6 is 11.8 Å². The van der Waals surface area contributed by atoms with E-state index in [4.69, 9.17) is 0 Å². The van der Waals surface area contributed by atoms with E-state index in [0.717, 1.165) is 6.54 Å². The van der Waals surface area contributed by atoms with Crippen LogP contribution in [-0.2, 0) is 13.6 Å². The fraction of sp³-hybridized carbons (Fsp3) is 0.636. The highest BCUT2D eigenvalue weighted by atomic mass is 32.2. The zero-order chi connectivity index (χ0) is 10.4. The molecule has 0 saturated carbocycles. The Morgan fingerprint density at radius 3 is 2.86 bits per heavy atom. The minimum absolute atomic E-state index is 0.644. The first kappa shape index (κ1) is 11.7. The Bertz CT molecular complexity index is 258. The third-order valence-corrected chi connectivity index (χ3v) is 3.08. The molecule has 0 radical (unpaired) electrons. The van der Waals surface area contributed by atoms with Gasteiger partial charge in [-0.2, -0.15) is 11.8 Å². The monoisotopic (exact) mass is 212 g/mol. The number of rotatable bonds is 6. The van der Waals surface area contributed by atoms with E-state index in [9.17, 15) is 0 Å². The van der Waals surface area contributed by atoms with Crippen molar-refractivity contribution in [2.24, 2.45) is 7.05 Å². The molecule has 1 unspecified atom stereocenters. The van der Waals surface area contributed by atoms with E-state index in [1.165, 1.54) is 17.7 Å². The van der Waals surface area contributed by atoms with E-state index in [-0.39, 0.29) is 0 Å². The van der Waals surface area contributed by atoms with Gasteiger partial charge in [0.05, 0.1) is 0 Å². The van der Waals surface area contributed by atoms with Crippen molar-refractivity contribution in [1.29, 1.82) is 0 Å². The largest absolute Gasteiger partial charge is 0.357 e. The predicted octanol–water partition coefficient (Wildman–Crippen LogP) is 2.26. The van der Waals surface area contributed by atoms with Gasteiger partial charge in [-0.25, -0.2) is 0 Å². The maximum Gasteiger partial charge on any atom is 0.0223 e. The summed E-state index contributed by atoms with van der Waals surface area (Å²) in [6.45, 7) is 3.22. The van der Waals surface area contributed by atoms with Gasteiger partial charge in [-0.1, -0.05) is 6.92 Å². The summed E-state index contributed by atoms with van der Waals surface area (Å²) in [5.74, 6) is 1.20. The third kappa shape index (κ3) is 3.76. The maximum absolute atomic E-state index is 3.57. The van der Waals surface area contributed by atoms with E-state index in [0.29, 0.717) is 6.04 Å². The third-order valence-electron chi connectivity index (χ3n) is 2.35. The lowest BCUT2D eigenvalue weighted by Crippen LogP contribution is -2.29. The lowest BCUT2D eigenvalue weighted by molar-refractivity contribution is 0.541. The van der Waals surface area contributed by atoms with E-state index in [1.807, 2.05) is 11.8 Å². The van der Waals surface area contributed by atoms with Crippen LogP contribution < -0.4 is 5.32 Å². The fourth-order valence-corrected chi connectivity index (χ4v) is 2.21. The molecule has 0 bridgehead atoms. The minimum Gasteiger partial charge on any atom is -0.357 e. The highest BCUT2D eigenvalue weighted by Crippen LogP contribution is 2.04. The van der Waals surface area contributed by atoms with Crippen LogP contribution in [0.4, 0.5) is 0 Å². The van der Waals surface area contributed by atoms with Crippen LogP contribution in [0.15, 0.2) is 18.5 Å². The SMILES string of the molecule is CCC(CSC)NCc1ccn(C)c1. The molecule has 1 aromatic heterocycles. The average molecular weight is 212 g/mol. The van der Waals surface area contributed by atoms with E-state index in [1.54, 1.807) is 0 Å². The van der Waals surface area contributed by atoms with E-state index in [2.05, 4.69) is 48.6 Å². The number of hydrogen-bond donors (Lipinski definition) is 1. The van der Waals surface area contributed by atoms with Crippen molar-refractivity contribution in [3.63, 3.8) is 0 Å². The zero-order valence-corrected chi connectivity index (χ0v) is 10.1. The molecular weight excluding hydrogens is 192 g/mol. The molecular formula is C11H20N2S. The number of thioether (sulfide) groups is 1. The number of aryl methyl sites for hydroxylation is 1. The van der Waals surface area contributed by atoms with Crippen LogP contribution in [-0.4, -0.2) is 22.6 Å². The number of nitrogens with one attached hydrogen (secondary N) is 1. The summed E-state index contributed by atoms with van der Waals surface area (Å²) in [5.41, 5.74) is 1.37. The Morgan fingerprint density at radius 1 is 1.57 bits per heavy atom. The normalized spacial score (nSPS) is 13.1. The van der Waals surface area contributed by atoms with Gasteiger partial charge in [0.2, 0.25) is 0 Å². The first-order valence-corrected chi connectivity index (χ1v) is 6.48. The molecule has 1 aromatic rings. The lowest BCUT2D eigenvalue weighted by Gasteiger charge is -2.14. The van der Waals surface area contributed by atoms with Crippen molar-refractivity contribution in [3.05, 3.63) is 24.0 Å². The molecule has 0 spiro atoms. The van der Waals surface area contributed by atoms with E-state index >= 15 is 0 Å². The summed E-state index contributed by atoms with van der Waals surface area (Å²) in [5, 5.41) is 3.57. The van der Waals surface area contributed by atoms with Gasteiger partial charge < -0.3 is 9.88 Å². The van der Waals surface area contributed by atoms with Gasteiger partial charge in [-0.3, -0.25) is 0 Å². The van der Waals surface area contributed by atoms with Crippen molar-refractivity contribution in [1.82, 2.24) is 9.88 Å². The second-order valence-electron chi connectivity index (χ2n) is 3.63. The summed E-state index contributed by atoms with van der Waals surface area (Å²) in [6, 6.07) is 2.81. The van der Waals surface area contributed by atoms with Crippen molar-refractivity contribution >= 4 is 11.8 Å². The fourth-order valence-electron chi connectivity index (χ4n) is 1.45. The Hall–Kier alpha value is -0.410. The standard InChI is InChI=1S/C11H20N2S/c1-4-11(9-14-3)12-7-10-5-6-13(2)8-10/h5-6,8,11-12H,4,7,9H2,1-3H3. The maximum atomic E-state index is 3.57.